The number of hydrogen-bond donors (Lipinski definition) is 1. The molecule has 0 spiro atoms. The molecule has 0 saturated heterocycles. The molecule has 1 rings (SSSR count). The molecule has 0 amide bonds. The number of hydrogen-bond acceptors (Lipinski definition) is 0. The zero-order valence-corrected chi connectivity index (χ0v) is 24.0. The van der Waals surface area contributed by atoms with Gasteiger partial charge in [0.1, 0.15) is 12.4 Å². The highest BCUT2D eigenvalue weighted by Crippen LogP contribution is 2.21. The highest BCUT2D eigenvalue weighted by Gasteiger charge is 2.22. The minimum absolute atomic E-state index is 0.620. The Morgan fingerprint density at radius 3 is 1.38 bits per heavy atom. The van der Waals surface area contributed by atoms with Crippen molar-refractivity contribution in [3.8, 4) is 0 Å². The van der Waals surface area contributed by atoms with Crippen molar-refractivity contribution < 1.29 is 4.57 Å². The summed E-state index contributed by atoms with van der Waals surface area (Å²) in [5.74, 6) is 2.09. The van der Waals surface area contributed by atoms with Crippen molar-refractivity contribution in [2.24, 2.45) is 0 Å². The van der Waals surface area contributed by atoms with Gasteiger partial charge in [-0.05, 0) is 26.2 Å². The number of imidazole rings is 1. The predicted molar refractivity (Wildman–Crippen MR) is 152 cm³/mol. The van der Waals surface area contributed by atoms with Gasteiger partial charge in [0.15, 0.2) is 0 Å². The summed E-state index contributed by atoms with van der Waals surface area (Å²) in [6.07, 6.45) is 37.1. The Balaban J connectivity index is 2.04. The lowest BCUT2D eigenvalue weighted by atomic mass is 10.00. The highest BCUT2D eigenvalue weighted by molar-refractivity contribution is 4.87. The summed E-state index contributed by atoms with van der Waals surface area (Å²) in [4.78, 5) is 3.57. The zero-order valence-electron chi connectivity index (χ0n) is 24.0. The largest absolute Gasteiger partial charge is 0.257 e. The maximum atomic E-state index is 3.57. The standard InChI is InChI=1S/C32H62N2/c1-5-7-9-11-13-14-15-16-17-18-19-21-23-25-27-31(4)34-29-28-33-32(34)30(3)26-24-22-20-12-10-8-6-2/h28-31H,5-27H2,1-4H3/p+1. The van der Waals surface area contributed by atoms with Gasteiger partial charge in [-0.3, -0.25) is 0 Å². The van der Waals surface area contributed by atoms with Crippen LogP contribution in [0.3, 0.4) is 0 Å². The van der Waals surface area contributed by atoms with Gasteiger partial charge >= 0.3 is 0 Å². The topological polar surface area (TPSA) is 19.7 Å². The fourth-order valence-corrected chi connectivity index (χ4v) is 5.46. The number of nitrogens with one attached hydrogen (secondary N) is 1. The molecule has 2 unspecified atom stereocenters. The number of aromatic nitrogens is 2. The number of unbranched alkanes of at least 4 members (excludes halogenated alkanes) is 19. The Morgan fingerprint density at radius 2 is 0.941 bits per heavy atom. The van der Waals surface area contributed by atoms with Crippen molar-refractivity contribution in [2.75, 3.05) is 0 Å². The van der Waals surface area contributed by atoms with Gasteiger partial charge in [-0.15, -0.1) is 0 Å². The van der Waals surface area contributed by atoms with E-state index < -0.39 is 0 Å². The molecule has 2 heteroatoms. The zero-order chi connectivity index (χ0) is 24.7. The molecule has 2 atom stereocenters. The lowest BCUT2D eigenvalue weighted by molar-refractivity contribution is -0.727. The summed E-state index contributed by atoms with van der Waals surface area (Å²) in [7, 11) is 0. The molecule has 0 aromatic carbocycles. The number of rotatable bonds is 25. The molecule has 1 aromatic rings. The molecule has 0 aliphatic carbocycles. The molecule has 200 valence electrons. The number of H-pyrrole nitrogens is 1. The third-order valence-electron chi connectivity index (χ3n) is 7.90. The van der Waals surface area contributed by atoms with Crippen LogP contribution in [-0.4, -0.2) is 4.98 Å². The SMILES string of the molecule is CCCCCCCCCCCCCCCCC(C)[n+]1cc[nH]c1C(C)CCCCCCCCC. The van der Waals surface area contributed by atoms with Crippen LogP contribution in [0.4, 0.5) is 0 Å². The normalized spacial score (nSPS) is 13.4. The second-order valence-corrected chi connectivity index (χ2v) is 11.3. The van der Waals surface area contributed by atoms with Crippen molar-refractivity contribution in [1.82, 2.24) is 4.98 Å². The fraction of sp³-hybridized carbons (Fsp3) is 0.906. The van der Waals surface area contributed by atoms with E-state index in [2.05, 4.69) is 49.6 Å². The van der Waals surface area contributed by atoms with Gasteiger partial charge in [0.2, 0.25) is 0 Å². The second-order valence-electron chi connectivity index (χ2n) is 11.3. The van der Waals surface area contributed by atoms with E-state index in [0.717, 1.165) is 0 Å². The first-order chi connectivity index (χ1) is 16.7. The predicted octanol–water partition coefficient (Wildman–Crippen LogP) is 11.0. The van der Waals surface area contributed by atoms with Gasteiger partial charge in [0.25, 0.3) is 5.82 Å². The molecule has 1 N–H and O–H groups in total. The van der Waals surface area contributed by atoms with E-state index in [0.29, 0.717) is 12.0 Å². The van der Waals surface area contributed by atoms with Crippen LogP contribution in [-0.2, 0) is 0 Å². The fourth-order valence-electron chi connectivity index (χ4n) is 5.46. The maximum absolute atomic E-state index is 3.57. The summed E-state index contributed by atoms with van der Waals surface area (Å²) in [5, 5.41) is 0. The monoisotopic (exact) mass is 475 g/mol. The first kappa shape index (κ1) is 31.2. The number of nitrogens with zero attached hydrogens (tertiary/aromatic N) is 1. The van der Waals surface area contributed by atoms with Gasteiger partial charge in [-0.1, -0.05) is 149 Å². The maximum Gasteiger partial charge on any atom is 0.257 e. The van der Waals surface area contributed by atoms with E-state index in [4.69, 9.17) is 0 Å². The van der Waals surface area contributed by atoms with Gasteiger partial charge < -0.3 is 0 Å². The Kier molecular flexibility index (Phi) is 20.8. The molecule has 34 heavy (non-hydrogen) atoms. The molecule has 0 aliphatic rings. The molecule has 2 nitrogen and oxygen atoms in total. The van der Waals surface area contributed by atoms with Crippen LogP contribution < -0.4 is 4.57 Å². The first-order valence-corrected chi connectivity index (χ1v) is 15.8. The second kappa shape index (κ2) is 22.7. The molecule has 0 saturated carbocycles. The molecule has 1 heterocycles. The average Bonchev–Trinajstić information content (AvgIpc) is 3.34. The summed E-state index contributed by atoms with van der Waals surface area (Å²) in [6, 6.07) is 0.620. The molecular formula is C32H63N2+. The lowest BCUT2D eigenvalue weighted by Gasteiger charge is -2.14. The smallest absolute Gasteiger partial charge is 0.247 e. The van der Waals surface area contributed by atoms with E-state index >= 15 is 0 Å². The van der Waals surface area contributed by atoms with E-state index in [-0.39, 0.29) is 0 Å². The van der Waals surface area contributed by atoms with E-state index in [1.54, 1.807) is 0 Å². The van der Waals surface area contributed by atoms with Crippen LogP contribution in [0.5, 0.6) is 0 Å². The average molecular weight is 476 g/mol. The van der Waals surface area contributed by atoms with Gasteiger partial charge in [0, 0.05) is 0 Å². The highest BCUT2D eigenvalue weighted by atomic mass is 15.1. The van der Waals surface area contributed by atoms with Crippen molar-refractivity contribution in [2.45, 2.75) is 187 Å². The third-order valence-corrected chi connectivity index (χ3v) is 7.90. The van der Waals surface area contributed by atoms with Crippen LogP contribution in [0.25, 0.3) is 0 Å². The number of aromatic amines is 1. The van der Waals surface area contributed by atoms with Crippen molar-refractivity contribution >= 4 is 0 Å². The lowest BCUT2D eigenvalue weighted by Crippen LogP contribution is -2.40. The summed E-state index contributed by atoms with van der Waals surface area (Å²) >= 11 is 0. The van der Waals surface area contributed by atoms with Crippen molar-refractivity contribution in [3.05, 3.63) is 18.2 Å². The van der Waals surface area contributed by atoms with Gasteiger partial charge in [0.05, 0.1) is 12.0 Å². The van der Waals surface area contributed by atoms with Gasteiger partial charge in [-0.2, -0.15) is 0 Å². The van der Waals surface area contributed by atoms with E-state index in [1.807, 2.05) is 0 Å². The van der Waals surface area contributed by atoms with Crippen LogP contribution in [0, 0.1) is 0 Å². The van der Waals surface area contributed by atoms with E-state index in [9.17, 15) is 0 Å². The summed E-state index contributed by atoms with van der Waals surface area (Å²) < 4.78 is 2.54. The Bertz CT molecular complexity index is 535. The molecule has 0 fully saturated rings. The molecule has 0 bridgehead atoms. The van der Waals surface area contributed by atoms with E-state index in [1.165, 1.54) is 154 Å². The molecular weight excluding hydrogens is 412 g/mol. The minimum Gasteiger partial charge on any atom is -0.247 e. The Morgan fingerprint density at radius 1 is 0.559 bits per heavy atom. The summed E-state index contributed by atoms with van der Waals surface area (Å²) in [5.41, 5.74) is 0. The summed E-state index contributed by atoms with van der Waals surface area (Å²) in [6.45, 7) is 9.43. The molecule has 1 aromatic heterocycles. The van der Waals surface area contributed by atoms with Crippen molar-refractivity contribution in [3.63, 3.8) is 0 Å². The first-order valence-electron chi connectivity index (χ1n) is 15.8. The quantitative estimate of drug-likeness (QED) is 0.107. The third kappa shape index (κ3) is 16.0. The van der Waals surface area contributed by atoms with Crippen LogP contribution >= 0.6 is 0 Å². The van der Waals surface area contributed by atoms with Crippen LogP contribution in [0.1, 0.15) is 193 Å². The minimum atomic E-state index is 0.620. The van der Waals surface area contributed by atoms with Crippen molar-refractivity contribution in [1.29, 1.82) is 0 Å². The molecule has 0 aliphatic heterocycles. The van der Waals surface area contributed by atoms with Gasteiger partial charge in [-0.25, -0.2) is 9.55 Å². The van der Waals surface area contributed by atoms with Crippen LogP contribution in [0.15, 0.2) is 12.4 Å². The molecule has 0 radical (unpaired) electrons. The Hall–Kier alpha value is -0.790. The Labute approximate surface area is 215 Å². The van der Waals surface area contributed by atoms with Crippen LogP contribution in [0.2, 0.25) is 0 Å².